The molecule has 1 aliphatic heterocycles. The predicted octanol–water partition coefficient (Wildman–Crippen LogP) is 4.79. The van der Waals surface area contributed by atoms with Crippen LogP contribution >= 0.6 is 0 Å². The van der Waals surface area contributed by atoms with E-state index in [1.165, 1.54) is 41.2 Å². The second-order valence-electron chi connectivity index (χ2n) is 7.91. The average molecular weight is 385 g/mol. The summed E-state index contributed by atoms with van der Waals surface area (Å²) >= 11 is 0. The maximum absolute atomic E-state index is 4.49. The number of anilines is 1. The lowest BCUT2D eigenvalue weighted by Gasteiger charge is -2.35. The van der Waals surface area contributed by atoms with Crippen LogP contribution in [0.1, 0.15) is 12.8 Å². The van der Waals surface area contributed by atoms with Crippen molar-refractivity contribution in [3.8, 4) is 0 Å². The first-order valence-corrected chi connectivity index (χ1v) is 10.7. The molecule has 0 radical (unpaired) electrons. The van der Waals surface area contributed by atoms with E-state index in [4.69, 9.17) is 0 Å². The number of piperazine rings is 1. The maximum atomic E-state index is 4.49. The molecule has 0 unspecified atom stereocenters. The molecule has 2 aromatic heterocycles. The summed E-state index contributed by atoms with van der Waals surface area (Å²) in [5.41, 5.74) is 2.72. The first-order chi connectivity index (χ1) is 14.4. The van der Waals surface area contributed by atoms with E-state index in [1.54, 1.807) is 0 Å². The summed E-state index contributed by atoms with van der Waals surface area (Å²) < 4.78 is 2.50. The normalized spacial score (nSPS) is 15.4. The molecule has 2 aromatic carbocycles. The molecular formula is C25H28N4. The molecule has 0 bridgehead atoms. The van der Waals surface area contributed by atoms with Crippen molar-refractivity contribution in [2.45, 2.75) is 19.4 Å². The van der Waals surface area contributed by atoms with Gasteiger partial charge in [0.15, 0.2) is 0 Å². The highest BCUT2D eigenvalue weighted by atomic mass is 15.3. The molecule has 4 nitrogen and oxygen atoms in total. The van der Waals surface area contributed by atoms with E-state index in [0.717, 1.165) is 38.5 Å². The van der Waals surface area contributed by atoms with Crippen molar-refractivity contribution in [1.29, 1.82) is 0 Å². The van der Waals surface area contributed by atoms with Crippen LogP contribution in [0, 0.1) is 0 Å². The number of unbranched alkanes of at least 4 members (excludes halogenated alkanes) is 1. The van der Waals surface area contributed by atoms with Crippen LogP contribution in [0.3, 0.4) is 0 Å². The van der Waals surface area contributed by atoms with Crippen LogP contribution in [0.2, 0.25) is 0 Å². The molecule has 0 atom stereocenters. The second kappa shape index (κ2) is 8.26. The van der Waals surface area contributed by atoms with Gasteiger partial charge in [0.05, 0.1) is 0 Å². The van der Waals surface area contributed by atoms with Crippen molar-refractivity contribution in [3.63, 3.8) is 0 Å². The van der Waals surface area contributed by atoms with Crippen molar-refractivity contribution < 1.29 is 0 Å². The van der Waals surface area contributed by atoms with E-state index in [2.05, 4.69) is 80.0 Å². The van der Waals surface area contributed by atoms with Crippen LogP contribution in [0.5, 0.6) is 0 Å². The molecule has 0 saturated carbocycles. The number of fused-ring (bicyclic) bond motifs is 3. The third-order valence-electron chi connectivity index (χ3n) is 6.13. The molecule has 4 heteroatoms. The molecule has 4 aromatic rings. The van der Waals surface area contributed by atoms with E-state index in [9.17, 15) is 0 Å². The Morgan fingerprint density at radius 1 is 0.655 bits per heavy atom. The van der Waals surface area contributed by atoms with Crippen molar-refractivity contribution in [3.05, 3.63) is 72.9 Å². The smallest absolute Gasteiger partial charge is 0.128 e. The number of benzene rings is 2. The summed E-state index contributed by atoms with van der Waals surface area (Å²) in [6.07, 6.45) is 4.34. The van der Waals surface area contributed by atoms with E-state index >= 15 is 0 Å². The lowest BCUT2D eigenvalue weighted by atomic mass is 10.2. The van der Waals surface area contributed by atoms with Gasteiger partial charge in [0.1, 0.15) is 5.82 Å². The van der Waals surface area contributed by atoms with Crippen LogP contribution in [0.4, 0.5) is 5.82 Å². The minimum Gasteiger partial charge on any atom is -0.354 e. The summed E-state index contributed by atoms with van der Waals surface area (Å²) in [5.74, 6) is 1.11. The van der Waals surface area contributed by atoms with Crippen molar-refractivity contribution in [2.75, 3.05) is 37.6 Å². The largest absolute Gasteiger partial charge is 0.354 e. The summed E-state index contributed by atoms with van der Waals surface area (Å²) in [6, 6.07) is 23.8. The fourth-order valence-corrected chi connectivity index (χ4v) is 4.59. The Balaban J connectivity index is 1.17. The van der Waals surface area contributed by atoms with Crippen LogP contribution < -0.4 is 4.90 Å². The van der Waals surface area contributed by atoms with Gasteiger partial charge in [0, 0.05) is 60.7 Å². The van der Waals surface area contributed by atoms with Gasteiger partial charge >= 0.3 is 0 Å². The Morgan fingerprint density at radius 2 is 1.28 bits per heavy atom. The molecule has 0 N–H and O–H groups in total. The molecule has 3 heterocycles. The van der Waals surface area contributed by atoms with Gasteiger partial charge in [0.25, 0.3) is 0 Å². The van der Waals surface area contributed by atoms with Crippen LogP contribution in [-0.4, -0.2) is 47.2 Å². The Kier molecular flexibility index (Phi) is 5.18. The molecule has 0 spiro atoms. The number of hydrogen-bond acceptors (Lipinski definition) is 3. The third kappa shape index (κ3) is 3.73. The fourth-order valence-electron chi connectivity index (χ4n) is 4.59. The molecule has 148 valence electrons. The Bertz CT molecular complexity index is 1020. The van der Waals surface area contributed by atoms with Gasteiger partial charge in [-0.05, 0) is 43.7 Å². The Hall–Kier alpha value is -2.85. The number of para-hydroxylation sites is 2. The average Bonchev–Trinajstić information content (AvgIpc) is 3.12. The number of hydrogen-bond donors (Lipinski definition) is 0. The number of pyridine rings is 1. The zero-order chi connectivity index (χ0) is 19.5. The molecule has 1 fully saturated rings. The molecule has 5 rings (SSSR count). The van der Waals surface area contributed by atoms with Gasteiger partial charge in [-0.3, -0.25) is 4.90 Å². The SMILES string of the molecule is c1ccc(N2CCN(CCCCn3c4ccccc4c4ccccc43)CC2)nc1. The van der Waals surface area contributed by atoms with E-state index in [0.29, 0.717) is 0 Å². The van der Waals surface area contributed by atoms with Gasteiger partial charge in [0.2, 0.25) is 0 Å². The summed E-state index contributed by atoms with van der Waals surface area (Å²) in [6.45, 7) is 6.68. The molecule has 0 amide bonds. The fraction of sp³-hybridized carbons (Fsp3) is 0.320. The number of aromatic nitrogens is 2. The first kappa shape index (κ1) is 18.2. The van der Waals surface area contributed by atoms with E-state index in [-0.39, 0.29) is 0 Å². The highest BCUT2D eigenvalue weighted by Crippen LogP contribution is 2.29. The van der Waals surface area contributed by atoms with Crippen molar-refractivity contribution >= 4 is 27.6 Å². The quantitative estimate of drug-likeness (QED) is 0.447. The molecule has 29 heavy (non-hydrogen) atoms. The Morgan fingerprint density at radius 3 is 1.93 bits per heavy atom. The minimum absolute atomic E-state index is 1.07. The maximum Gasteiger partial charge on any atom is 0.128 e. The summed E-state index contributed by atoms with van der Waals surface area (Å²) in [7, 11) is 0. The van der Waals surface area contributed by atoms with Crippen molar-refractivity contribution in [1.82, 2.24) is 14.5 Å². The predicted molar refractivity (Wildman–Crippen MR) is 122 cm³/mol. The lowest BCUT2D eigenvalue weighted by Crippen LogP contribution is -2.46. The molecular weight excluding hydrogens is 356 g/mol. The summed E-state index contributed by atoms with van der Waals surface area (Å²) in [5, 5.41) is 2.74. The van der Waals surface area contributed by atoms with E-state index in [1.807, 2.05) is 12.3 Å². The number of rotatable bonds is 6. The Labute approximate surface area is 172 Å². The van der Waals surface area contributed by atoms with E-state index < -0.39 is 0 Å². The molecule has 1 aliphatic rings. The zero-order valence-electron chi connectivity index (χ0n) is 16.9. The highest BCUT2D eigenvalue weighted by molar-refractivity contribution is 6.07. The first-order valence-electron chi connectivity index (χ1n) is 10.7. The third-order valence-corrected chi connectivity index (χ3v) is 6.13. The number of aryl methyl sites for hydroxylation is 1. The second-order valence-corrected chi connectivity index (χ2v) is 7.91. The van der Waals surface area contributed by atoms with Gasteiger partial charge in [-0.15, -0.1) is 0 Å². The van der Waals surface area contributed by atoms with Crippen LogP contribution in [0.25, 0.3) is 21.8 Å². The highest BCUT2D eigenvalue weighted by Gasteiger charge is 2.17. The van der Waals surface area contributed by atoms with Gasteiger partial charge in [-0.25, -0.2) is 4.98 Å². The number of nitrogens with zero attached hydrogens (tertiary/aromatic N) is 4. The van der Waals surface area contributed by atoms with Gasteiger partial charge in [-0.2, -0.15) is 0 Å². The zero-order valence-corrected chi connectivity index (χ0v) is 16.9. The monoisotopic (exact) mass is 384 g/mol. The standard InChI is InChI=1S/C25H28N4/c1-3-11-23-21(9-1)22-10-2-4-12-24(22)29(23)16-8-7-15-27-17-19-28(20-18-27)25-13-5-6-14-26-25/h1-6,9-14H,7-8,15-20H2. The van der Waals surface area contributed by atoms with Gasteiger partial charge < -0.3 is 9.47 Å². The molecule has 1 saturated heterocycles. The molecule has 0 aliphatic carbocycles. The van der Waals surface area contributed by atoms with Crippen molar-refractivity contribution in [2.24, 2.45) is 0 Å². The van der Waals surface area contributed by atoms with Crippen LogP contribution in [0.15, 0.2) is 72.9 Å². The minimum atomic E-state index is 1.07. The topological polar surface area (TPSA) is 24.3 Å². The van der Waals surface area contributed by atoms with Crippen LogP contribution in [-0.2, 0) is 6.54 Å². The lowest BCUT2D eigenvalue weighted by molar-refractivity contribution is 0.251. The van der Waals surface area contributed by atoms with Gasteiger partial charge in [-0.1, -0.05) is 42.5 Å². The summed E-state index contributed by atoms with van der Waals surface area (Å²) in [4.78, 5) is 9.49.